The van der Waals surface area contributed by atoms with Gasteiger partial charge in [-0.1, -0.05) is 31.4 Å². The van der Waals surface area contributed by atoms with Gasteiger partial charge in [0.15, 0.2) is 17.5 Å². The van der Waals surface area contributed by atoms with E-state index >= 15 is 0 Å². The van der Waals surface area contributed by atoms with Crippen molar-refractivity contribution in [2.24, 2.45) is 0 Å². The Morgan fingerprint density at radius 3 is 2.30 bits per heavy atom. The number of hydrogen-bond acceptors (Lipinski definition) is 3. The average Bonchev–Trinajstić information content (AvgIpc) is 3.00. The quantitative estimate of drug-likeness (QED) is 0.434. The molecule has 174 valence electrons. The number of aliphatic hydroxyl groups excluding tert-OH is 1. The molecule has 1 atom stereocenters. The fraction of sp³-hybridized carbons (Fsp3) is 0.360. The van der Waals surface area contributed by atoms with Crippen LogP contribution in [0.2, 0.25) is 0 Å². The summed E-state index contributed by atoms with van der Waals surface area (Å²) >= 11 is 0. The number of amides is 2. The molecule has 0 aromatic heterocycles. The van der Waals surface area contributed by atoms with Gasteiger partial charge in [-0.05, 0) is 61.1 Å². The van der Waals surface area contributed by atoms with E-state index in [-0.39, 0.29) is 12.0 Å². The molecule has 1 aliphatic heterocycles. The zero-order valence-corrected chi connectivity index (χ0v) is 18.2. The fourth-order valence-electron chi connectivity index (χ4n) is 4.68. The van der Waals surface area contributed by atoms with Crippen molar-refractivity contribution in [3.63, 3.8) is 0 Å². The Morgan fingerprint density at radius 2 is 1.70 bits per heavy atom. The molecule has 0 bridgehead atoms. The van der Waals surface area contributed by atoms with Gasteiger partial charge < -0.3 is 15.7 Å². The van der Waals surface area contributed by atoms with Crippen LogP contribution in [0.25, 0.3) is 0 Å². The zero-order chi connectivity index (χ0) is 23.8. The minimum Gasteiger partial charge on any atom is -0.509 e. The molecule has 1 aliphatic carbocycles. The first kappa shape index (κ1) is 22.9. The molecular formula is C25H25F3N2O3. The number of benzene rings is 2. The van der Waals surface area contributed by atoms with Crippen LogP contribution in [0.15, 0.2) is 47.7 Å². The van der Waals surface area contributed by atoms with Gasteiger partial charge in [0.2, 0.25) is 0 Å². The summed E-state index contributed by atoms with van der Waals surface area (Å²) in [6.07, 6.45) is 5.73. The Hall–Kier alpha value is -3.29. The van der Waals surface area contributed by atoms with Crippen molar-refractivity contribution < 1.29 is 27.9 Å². The predicted octanol–water partition coefficient (Wildman–Crippen LogP) is 5.03. The maximum atomic E-state index is 13.6. The molecule has 0 spiro atoms. The van der Waals surface area contributed by atoms with Gasteiger partial charge >= 0.3 is 0 Å². The summed E-state index contributed by atoms with van der Waals surface area (Å²) in [6.45, 7) is 1.42. The molecule has 2 aromatic carbocycles. The van der Waals surface area contributed by atoms with Crippen LogP contribution in [0.1, 0.15) is 56.1 Å². The van der Waals surface area contributed by atoms with Crippen molar-refractivity contribution in [1.29, 1.82) is 0 Å². The van der Waals surface area contributed by atoms with Crippen LogP contribution < -0.4 is 10.6 Å². The van der Waals surface area contributed by atoms with Crippen molar-refractivity contribution in [3.8, 4) is 0 Å². The molecule has 4 rings (SSSR count). The molecule has 1 saturated carbocycles. The Morgan fingerprint density at radius 1 is 1.09 bits per heavy atom. The number of carbonyl (C=O) groups excluding carboxylic acids is 2. The third-order valence-corrected chi connectivity index (χ3v) is 6.45. The van der Waals surface area contributed by atoms with Crippen LogP contribution in [0.4, 0.5) is 18.9 Å². The van der Waals surface area contributed by atoms with Gasteiger partial charge in [0.05, 0.1) is 5.54 Å². The van der Waals surface area contributed by atoms with E-state index in [0.29, 0.717) is 11.6 Å². The summed E-state index contributed by atoms with van der Waals surface area (Å²) in [5.74, 6) is -6.00. The lowest BCUT2D eigenvalue weighted by atomic mass is 9.84. The topological polar surface area (TPSA) is 78.4 Å². The number of rotatable bonds is 5. The molecule has 2 aromatic rings. The van der Waals surface area contributed by atoms with Crippen LogP contribution in [0.3, 0.4) is 0 Å². The Labute approximate surface area is 189 Å². The van der Waals surface area contributed by atoms with Crippen LogP contribution >= 0.6 is 0 Å². The Balaban J connectivity index is 1.50. The highest BCUT2D eigenvalue weighted by Gasteiger charge is 2.44. The summed E-state index contributed by atoms with van der Waals surface area (Å²) in [5.41, 5.74) is -0.257. The highest BCUT2D eigenvalue weighted by Crippen LogP contribution is 2.34. The van der Waals surface area contributed by atoms with Gasteiger partial charge in [-0.15, -0.1) is 0 Å². The van der Waals surface area contributed by atoms with Crippen molar-refractivity contribution >= 4 is 17.5 Å². The maximum Gasteiger partial charge on any atom is 0.264 e. The van der Waals surface area contributed by atoms with Gasteiger partial charge in [-0.25, -0.2) is 13.2 Å². The summed E-state index contributed by atoms with van der Waals surface area (Å²) in [7, 11) is 0. The van der Waals surface area contributed by atoms with E-state index in [2.05, 4.69) is 10.6 Å². The fourth-order valence-corrected chi connectivity index (χ4v) is 4.68. The van der Waals surface area contributed by atoms with E-state index in [1.54, 1.807) is 12.1 Å². The van der Waals surface area contributed by atoms with Gasteiger partial charge in [0, 0.05) is 12.1 Å². The monoisotopic (exact) mass is 458 g/mol. The molecule has 5 nitrogen and oxygen atoms in total. The second-order valence-corrected chi connectivity index (χ2v) is 8.97. The van der Waals surface area contributed by atoms with Crippen LogP contribution in [-0.2, 0) is 16.0 Å². The van der Waals surface area contributed by atoms with Gasteiger partial charge in [-0.3, -0.25) is 9.59 Å². The third-order valence-electron chi connectivity index (χ3n) is 6.45. The lowest BCUT2D eigenvalue weighted by molar-refractivity contribution is -0.121. The number of halogens is 3. The molecular weight excluding hydrogens is 433 g/mol. The average molecular weight is 458 g/mol. The number of nitrogens with one attached hydrogen (secondary N) is 2. The molecule has 8 heteroatoms. The molecule has 2 aliphatic rings. The highest BCUT2D eigenvalue weighted by atomic mass is 19.2. The molecule has 0 radical (unpaired) electrons. The summed E-state index contributed by atoms with van der Waals surface area (Å²) in [5, 5.41) is 15.8. The number of hydrogen-bond donors (Lipinski definition) is 3. The van der Waals surface area contributed by atoms with Crippen molar-refractivity contribution in [3.05, 3.63) is 76.3 Å². The van der Waals surface area contributed by atoms with Crippen molar-refractivity contribution in [2.45, 2.75) is 56.9 Å². The van der Waals surface area contributed by atoms with Gasteiger partial charge in [0.25, 0.3) is 11.8 Å². The Bertz CT molecular complexity index is 1100. The van der Waals surface area contributed by atoms with Gasteiger partial charge in [-0.2, -0.15) is 0 Å². The van der Waals surface area contributed by atoms with Crippen LogP contribution in [0, 0.1) is 17.5 Å². The van der Waals surface area contributed by atoms with Crippen molar-refractivity contribution in [2.75, 3.05) is 5.32 Å². The van der Waals surface area contributed by atoms with Crippen LogP contribution in [-0.4, -0.2) is 22.5 Å². The van der Waals surface area contributed by atoms with E-state index < -0.39 is 46.1 Å². The lowest BCUT2D eigenvalue weighted by Crippen LogP contribution is -2.43. The second-order valence-electron chi connectivity index (χ2n) is 8.97. The smallest absolute Gasteiger partial charge is 0.264 e. The first-order valence-corrected chi connectivity index (χ1v) is 11.0. The van der Waals surface area contributed by atoms with E-state index in [4.69, 9.17) is 0 Å². The van der Waals surface area contributed by atoms with E-state index in [1.807, 2.05) is 12.1 Å². The molecule has 3 N–H and O–H groups in total. The summed E-state index contributed by atoms with van der Waals surface area (Å²) < 4.78 is 40.4. The minimum atomic E-state index is -1.60. The SMILES string of the molecule is CC1(Cc2cc(F)c(F)c(F)c2)NC(=O)C(C(=O)Nc2ccc(C3CCCCC3)cc2)=C1O. The second kappa shape index (κ2) is 8.92. The molecule has 1 fully saturated rings. The molecule has 1 unspecified atom stereocenters. The number of aliphatic hydroxyl groups is 1. The standard InChI is InChI=1S/C25H25F3N2O3/c1-25(13-14-11-18(26)21(28)19(27)12-14)22(31)20(24(33)30-25)23(32)29-17-9-7-16(8-10-17)15-5-3-2-4-6-15/h7-12,15,31H,2-6,13H2,1H3,(H,29,32)(H,30,33). The largest absolute Gasteiger partial charge is 0.509 e. The van der Waals surface area contributed by atoms with Crippen LogP contribution in [0.5, 0.6) is 0 Å². The molecule has 1 heterocycles. The summed E-state index contributed by atoms with van der Waals surface area (Å²) in [4.78, 5) is 25.2. The zero-order valence-electron chi connectivity index (χ0n) is 18.2. The van der Waals surface area contributed by atoms with Crippen molar-refractivity contribution in [1.82, 2.24) is 5.32 Å². The lowest BCUT2D eigenvalue weighted by Gasteiger charge is -2.24. The van der Waals surface area contributed by atoms with E-state index in [0.717, 1.165) is 25.0 Å². The first-order valence-electron chi connectivity index (χ1n) is 11.0. The van der Waals surface area contributed by atoms with Gasteiger partial charge in [0.1, 0.15) is 11.3 Å². The summed E-state index contributed by atoms with van der Waals surface area (Å²) in [6, 6.07) is 9.00. The number of anilines is 1. The Kier molecular flexibility index (Phi) is 6.19. The minimum absolute atomic E-state index is 0.0145. The highest BCUT2D eigenvalue weighted by molar-refractivity contribution is 6.24. The first-order chi connectivity index (χ1) is 15.7. The maximum absolute atomic E-state index is 13.6. The predicted molar refractivity (Wildman–Crippen MR) is 117 cm³/mol. The normalized spacial score (nSPS) is 21.3. The molecule has 0 saturated heterocycles. The third kappa shape index (κ3) is 4.60. The molecule has 33 heavy (non-hydrogen) atoms. The number of carbonyl (C=O) groups is 2. The molecule has 2 amide bonds. The van der Waals surface area contributed by atoms with E-state index in [1.165, 1.54) is 31.7 Å². The van der Waals surface area contributed by atoms with E-state index in [9.17, 15) is 27.9 Å².